The van der Waals surface area contributed by atoms with E-state index in [0.717, 1.165) is 0 Å². The summed E-state index contributed by atoms with van der Waals surface area (Å²) >= 11 is 0. The minimum Gasteiger partial charge on any atom is -0.334 e. The number of rotatable bonds is 3. The first-order valence-electron chi connectivity index (χ1n) is 6.78. The molecule has 0 bridgehead atoms. The van der Waals surface area contributed by atoms with E-state index in [9.17, 15) is 9.59 Å². The molecule has 1 amide bonds. The molecule has 22 heavy (non-hydrogen) atoms. The van der Waals surface area contributed by atoms with Crippen LogP contribution in [0.25, 0.3) is 10.9 Å². The first kappa shape index (κ1) is 13.9. The van der Waals surface area contributed by atoms with Gasteiger partial charge in [-0.05, 0) is 24.3 Å². The minimum absolute atomic E-state index is 0.154. The summed E-state index contributed by atoms with van der Waals surface area (Å²) in [6.07, 6.45) is 3.13. The number of nitrogens with zero attached hydrogens (tertiary/aromatic N) is 3. The number of pyridine rings is 1. The van der Waals surface area contributed by atoms with Crippen molar-refractivity contribution in [3.8, 4) is 0 Å². The van der Waals surface area contributed by atoms with Gasteiger partial charge >= 0.3 is 0 Å². The van der Waals surface area contributed by atoms with E-state index in [2.05, 4.69) is 15.0 Å². The largest absolute Gasteiger partial charge is 0.334 e. The van der Waals surface area contributed by atoms with Crippen molar-refractivity contribution in [2.24, 2.45) is 0 Å². The van der Waals surface area contributed by atoms with Crippen LogP contribution in [0.2, 0.25) is 0 Å². The Hall–Kier alpha value is -3.02. The number of nitrogens with one attached hydrogen (secondary N) is 1. The molecule has 0 aliphatic rings. The van der Waals surface area contributed by atoms with Crippen molar-refractivity contribution in [3.63, 3.8) is 0 Å². The van der Waals surface area contributed by atoms with Gasteiger partial charge in [0.15, 0.2) is 0 Å². The van der Waals surface area contributed by atoms with Crippen molar-refractivity contribution in [1.29, 1.82) is 0 Å². The molecule has 0 aliphatic heterocycles. The van der Waals surface area contributed by atoms with Crippen LogP contribution in [-0.2, 0) is 6.54 Å². The molecule has 2 heterocycles. The second kappa shape index (κ2) is 5.77. The van der Waals surface area contributed by atoms with Crippen LogP contribution in [-0.4, -0.2) is 32.8 Å². The quantitative estimate of drug-likeness (QED) is 0.795. The SMILES string of the molecule is CN(Cc1nc2ccccc2c(=O)[nH]1)C(=O)c1ccncc1. The van der Waals surface area contributed by atoms with Gasteiger partial charge in [-0.15, -0.1) is 0 Å². The smallest absolute Gasteiger partial charge is 0.258 e. The van der Waals surface area contributed by atoms with Crippen LogP contribution in [0.15, 0.2) is 53.6 Å². The first-order chi connectivity index (χ1) is 10.6. The zero-order valence-electron chi connectivity index (χ0n) is 12.0. The van der Waals surface area contributed by atoms with Gasteiger partial charge in [-0.2, -0.15) is 0 Å². The molecule has 3 rings (SSSR count). The molecule has 1 aromatic carbocycles. The highest BCUT2D eigenvalue weighted by atomic mass is 16.2. The Morgan fingerprint density at radius 1 is 1.18 bits per heavy atom. The van der Waals surface area contributed by atoms with Gasteiger partial charge in [0.25, 0.3) is 11.5 Å². The Morgan fingerprint density at radius 2 is 1.91 bits per heavy atom. The topological polar surface area (TPSA) is 79.0 Å². The molecule has 3 aromatic rings. The molecular formula is C16H14N4O2. The molecule has 2 aromatic heterocycles. The standard InChI is InChI=1S/C16H14N4O2/c1-20(16(22)11-6-8-17-9-7-11)10-14-18-13-5-3-2-4-12(13)15(21)19-14/h2-9H,10H2,1H3,(H,18,19,21). The molecule has 0 aliphatic carbocycles. The molecule has 0 saturated heterocycles. The second-order valence-corrected chi connectivity index (χ2v) is 4.93. The highest BCUT2D eigenvalue weighted by molar-refractivity contribution is 5.93. The lowest BCUT2D eigenvalue weighted by atomic mass is 10.2. The van der Waals surface area contributed by atoms with Gasteiger partial charge < -0.3 is 9.88 Å². The Labute approximate surface area is 126 Å². The van der Waals surface area contributed by atoms with Crippen molar-refractivity contribution in [1.82, 2.24) is 19.9 Å². The molecule has 0 spiro atoms. The molecule has 0 fully saturated rings. The Kier molecular flexibility index (Phi) is 3.65. The number of para-hydroxylation sites is 1. The lowest BCUT2D eigenvalue weighted by Gasteiger charge is -2.16. The summed E-state index contributed by atoms with van der Waals surface area (Å²) in [5, 5.41) is 0.536. The van der Waals surface area contributed by atoms with E-state index >= 15 is 0 Å². The van der Waals surface area contributed by atoms with Crippen LogP contribution < -0.4 is 5.56 Å². The number of aromatic nitrogens is 3. The minimum atomic E-state index is -0.203. The van der Waals surface area contributed by atoms with Crippen LogP contribution in [0.4, 0.5) is 0 Å². The average molecular weight is 294 g/mol. The second-order valence-electron chi connectivity index (χ2n) is 4.93. The van der Waals surface area contributed by atoms with Gasteiger partial charge in [-0.25, -0.2) is 4.98 Å². The molecule has 1 N–H and O–H groups in total. The summed E-state index contributed by atoms with van der Waals surface area (Å²) < 4.78 is 0. The zero-order chi connectivity index (χ0) is 15.5. The Balaban J connectivity index is 1.87. The third kappa shape index (κ3) is 2.71. The lowest BCUT2D eigenvalue weighted by Crippen LogP contribution is -2.28. The molecule has 6 heteroatoms. The van der Waals surface area contributed by atoms with E-state index in [0.29, 0.717) is 22.3 Å². The van der Waals surface area contributed by atoms with E-state index in [1.165, 1.54) is 4.90 Å². The fourth-order valence-electron chi connectivity index (χ4n) is 2.22. The van der Waals surface area contributed by atoms with Crippen molar-refractivity contribution in [3.05, 3.63) is 70.5 Å². The van der Waals surface area contributed by atoms with Crippen molar-refractivity contribution in [2.45, 2.75) is 6.54 Å². The molecular weight excluding hydrogens is 280 g/mol. The summed E-state index contributed by atoms with van der Waals surface area (Å²) in [7, 11) is 1.66. The summed E-state index contributed by atoms with van der Waals surface area (Å²) in [5.41, 5.74) is 0.956. The van der Waals surface area contributed by atoms with Crippen LogP contribution in [0.3, 0.4) is 0 Å². The third-order valence-electron chi connectivity index (χ3n) is 3.32. The lowest BCUT2D eigenvalue weighted by molar-refractivity contribution is 0.0781. The summed E-state index contributed by atoms with van der Waals surface area (Å²) in [5.74, 6) is 0.298. The molecule has 0 atom stereocenters. The van der Waals surface area contributed by atoms with Gasteiger partial charge in [0.05, 0.1) is 17.4 Å². The summed E-state index contributed by atoms with van der Waals surface area (Å²) in [4.78, 5) is 36.8. The number of aromatic amines is 1. The molecule has 6 nitrogen and oxygen atoms in total. The predicted octanol–water partition coefficient (Wildman–Crippen LogP) is 1.59. The highest BCUT2D eigenvalue weighted by Crippen LogP contribution is 2.08. The zero-order valence-corrected chi connectivity index (χ0v) is 12.0. The number of amides is 1. The van der Waals surface area contributed by atoms with E-state index in [-0.39, 0.29) is 18.0 Å². The number of fused-ring (bicyclic) bond motifs is 1. The van der Waals surface area contributed by atoms with E-state index in [1.54, 1.807) is 49.8 Å². The number of H-pyrrole nitrogens is 1. The fourth-order valence-corrected chi connectivity index (χ4v) is 2.22. The maximum atomic E-state index is 12.3. The monoisotopic (exact) mass is 294 g/mol. The van der Waals surface area contributed by atoms with Gasteiger partial charge in [0, 0.05) is 25.0 Å². The average Bonchev–Trinajstić information content (AvgIpc) is 2.55. The molecule has 0 unspecified atom stereocenters. The maximum absolute atomic E-state index is 12.3. The van der Waals surface area contributed by atoms with E-state index in [1.807, 2.05) is 6.07 Å². The van der Waals surface area contributed by atoms with Crippen molar-refractivity contribution in [2.75, 3.05) is 7.05 Å². The van der Waals surface area contributed by atoms with Gasteiger partial charge in [0.2, 0.25) is 0 Å². The maximum Gasteiger partial charge on any atom is 0.258 e. The van der Waals surface area contributed by atoms with E-state index in [4.69, 9.17) is 0 Å². The molecule has 110 valence electrons. The number of carbonyl (C=O) groups excluding carboxylic acids is 1. The normalized spacial score (nSPS) is 10.6. The van der Waals surface area contributed by atoms with Gasteiger partial charge in [0.1, 0.15) is 5.82 Å². The van der Waals surface area contributed by atoms with Crippen LogP contribution in [0.1, 0.15) is 16.2 Å². The van der Waals surface area contributed by atoms with Crippen molar-refractivity contribution >= 4 is 16.8 Å². The van der Waals surface area contributed by atoms with Crippen molar-refractivity contribution < 1.29 is 4.79 Å². The predicted molar refractivity (Wildman–Crippen MR) is 82.4 cm³/mol. The van der Waals surface area contributed by atoms with Gasteiger partial charge in [-0.3, -0.25) is 14.6 Å². The number of hydrogen-bond donors (Lipinski definition) is 1. The summed E-state index contributed by atoms with van der Waals surface area (Å²) in [6, 6.07) is 10.4. The van der Waals surface area contributed by atoms with Gasteiger partial charge in [-0.1, -0.05) is 12.1 Å². The van der Waals surface area contributed by atoms with Crippen LogP contribution >= 0.6 is 0 Å². The summed E-state index contributed by atoms with van der Waals surface area (Å²) in [6.45, 7) is 0.223. The highest BCUT2D eigenvalue weighted by Gasteiger charge is 2.13. The van der Waals surface area contributed by atoms with Crippen LogP contribution in [0, 0.1) is 0 Å². The Bertz CT molecular complexity index is 874. The van der Waals surface area contributed by atoms with Crippen LogP contribution in [0.5, 0.6) is 0 Å². The molecule has 0 saturated carbocycles. The fraction of sp³-hybridized carbons (Fsp3) is 0.125. The first-order valence-corrected chi connectivity index (χ1v) is 6.78. The third-order valence-corrected chi connectivity index (χ3v) is 3.32. The van der Waals surface area contributed by atoms with E-state index < -0.39 is 0 Å². The molecule has 0 radical (unpaired) electrons. The number of benzene rings is 1. The number of carbonyl (C=O) groups is 1. The Morgan fingerprint density at radius 3 is 2.68 bits per heavy atom. The number of hydrogen-bond acceptors (Lipinski definition) is 4.